The fourth-order valence-electron chi connectivity index (χ4n) is 1.73. The summed E-state index contributed by atoms with van der Waals surface area (Å²) < 4.78 is 1.87. The molecule has 4 nitrogen and oxygen atoms in total. The number of para-hydroxylation sites is 2. The minimum absolute atomic E-state index is 0.0342. The normalized spacial score (nSPS) is 12.3. The van der Waals surface area contributed by atoms with Crippen LogP contribution in [-0.2, 0) is 4.79 Å². The van der Waals surface area contributed by atoms with Gasteiger partial charge in [-0.05, 0) is 19.1 Å². The third-order valence-electron chi connectivity index (χ3n) is 2.70. The van der Waals surface area contributed by atoms with Crippen molar-refractivity contribution in [2.45, 2.75) is 13.0 Å². The summed E-state index contributed by atoms with van der Waals surface area (Å²) in [5.74, 6) is -0.0342. The summed E-state index contributed by atoms with van der Waals surface area (Å²) in [7, 11) is 0. The van der Waals surface area contributed by atoms with E-state index in [0.29, 0.717) is 6.54 Å². The Morgan fingerprint density at radius 1 is 1.59 bits per heavy atom. The molecule has 0 spiro atoms. The first-order chi connectivity index (χ1) is 8.24. The zero-order chi connectivity index (χ0) is 12.3. The van der Waals surface area contributed by atoms with Gasteiger partial charge in [-0.25, -0.2) is 4.98 Å². The van der Waals surface area contributed by atoms with Gasteiger partial charge in [0.05, 0.1) is 17.4 Å². The lowest BCUT2D eigenvalue weighted by atomic mass is 10.2. The number of carbonyl (C=O) groups excluding carboxylic acids is 1. The predicted molar refractivity (Wildman–Crippen MR) is 67.7 cm³/mol. The van der Waals surface area contributed by atoms with E-state index in [4.69, 9.17) is 0 Å². The van der Waals surface area contributed by atoms with Crippen LogP contribution in [0.1, 0.15) is 13.0 Å². The van der Waals surface area contributed by atoms with Gasteiger partial charge < -0.3 is 9.88 Å². The molecule has 0 aliphatic carbocycles. The monoisotopic (exact) mass is 229 g/mol. The maximum atomic E-state index is 11.8. The standard InChI is InChI=1S/C13H15N3O/c1-3-8-14-13(17)10(2)16-9-15-11-6-4-5-7-12(11)16/h3-7,9-10H,1,8H2,2H3,(H,14,17). The molecule has 1 unspecified atom stereocenters. The number of imidazole rings is 1. The minimum Gasteiger partial charge on any atom is -0.351 e. The van der Waals surface area contributed by atoms with Gasteiger partial charge in [0, 0.05) is 6.54 Å². The fraction of sp³-hybridized carbons (Fsp3) is 0.231. The lowest BCUT2D eigenvalue weighted by molar-refractivity contribution is -0.123. The van der Waals surface area contributed by atoms with Crippen LogP contribution in [0.2, 0.25) is 0 Å². The van der Waals surface area contributed by atoms with E-state index in [1.54, 1.807) is 12.4 Å². The Kier molecular flexibility index (Phi) is 3.23. The molecule has 2 rings (SSSR count). The average Bonchev–Trinajstić information content (AvgIpc) is 2.78. The van der Waals surface area contributed by atoms with Crippen molar-refractivity contribution >= 4 is 16.9 Å². The van der Waals surface area contributed by atoms with Crippen LogP contribution in [0, 0.1) is 0 Å². The largest absolute Gasteiger partial charge is 0.351 e. The van der Waals surface area contributed by atoms with Gasteiger partial charge in [0.25, 0.3) is 0 Å². The van der Waals surface area contributed by atoms with Gasteiger partial charge in [0.15, 0.2) is 0 Å². The fourth-order valence-corrected chi connectivity index (χ4v) is 1.73. The molecule has 0 saturated carbocycles. The van der Waals surface area contributed by atoms with E-state index in [-0.39, 0.29) is 11.9 Å². The van der Waals surface area contributed by atoms with E-state index in [1.165, 1.54) is 0 Å². The van der Waals surface area contributed by atoms with Crippen molar-refractivity contribution in [2.24, 2.45) is 0 Å². The summed E-state index contributed by atoms with van der Waals surface area (Å²) in [5.41, 5.74) is 1.87. The van der Waals surface area contributed by atoms with E-state index in [2.05, 4.69) is 16.9 Å². The lowest BCUT2D eigenvalue weighted by Crippen LogP contribution is -2.30. The number of fused-ring (bicyclic) bond motifs is 1. The third kappa shape index (κ3) is 2.20. The molecule has 1 aromatic carbocycles. The van der Waals surface area contributed by atoms with Crippen molar-refractivity contribution < 1.29 is 4.79 Å². The molecule has 17 heavy (non-hydrogen) atoms. The number of rotatable bonds is 4. The van der Waals surface area contributed by atoms with Gasteiger partial charge in [0.2, 0.25) is 5.91 Å². The summed E-state index contributed by atoms with van der Waals surface area (Å²) in [6.07, 6.45) is 3.36. The van der Waals surface area contributed by atoms with Crippen molar-refractivity contribution in [3.05, 3.63) is 43.2 Å². The van der Waals surface area contributed by atoms with Crippen molar-refractivity contribution in [1.82, 2.24) is 14.9 Å². The second-order valence-electron chi connectivity index (χ2n) is 3.85. The molecular weight excluding hydrogens is 214 g/mol. The molecule has 1 N–H and O–H groups in total. The summed E-state index contributed by atoms with van der Waals surface area (Å²) in [6.45, 7) is 5.91. The molecule has 0 aliphatic heterocycles. The van der Waals surface area contributed by atoms with E-state index in [9.17, 15) is 4.79 Å². The Morgan fingerprint density at radius 3 is 3.12 bits per heavy atom. The number of nitrogens with zero attached hydrogens (tertiary/aromatic N) is 2. The molecule has 1 heterocycles. The number of benzene rings is 1. The number of hydrogen-bond donors (Lipinski definition) is 1. The van der Waals surface area contributed by atoms with Crippen molar-refractivity contribution in [3.63, 3.8) is 0 Å². The summed E-state index contributed by atoms with van der Waals surface area (Å²) in [6, 6.07) is 7.49. The lowest BCUT2D eigenvalue weighted by Gasteiger charge is -2.13. The van der Waals surface area contributed by atoms with E-state index in [1.807, 2.05) is 35.8 Å². The smallest absolute Gasteiger partial charge is 0.243 e. The Morgan fingerprint density at radius 2 is 2.35 bits per heavy atom. The van der Waals surface area contributed by atoms with Gasteiger partial charge in [0.1, 0.15) is 6.04 Å². The van der Waals surface area contributed by atoms with Crippen LogP contribution in [0.25, 0.3) is 11.0 Å². The maximum Gasteiger partial charge on any atom is 0.243 e. The molecule has 88 valence electrons. The summed E-state index contributed by atoms with van der Waals surface area (Å²) in [4.78, 5) is 16.1. The third-order valence-corrected chi connectivity index (χ3v) is 2.70. The number of amides is 1. The summed E-state index contributed by atoms with van der Waals surface area (Å²) in [5, 5.41) is 2.78. The number of nitrogens with one attached hydrogen (secondary N) is 1. The van der Waals surface area contributed by atoms with Crippen LogP contribution < -0.4 is 5.32 Å². The van der Waals surface area contributed by atoms with Gasteiger partial charge in [-0.2, -0.15) is 0 Å². The molecule has 0 aliphatic rings. The van der Waals surface area contributed by atoms with E-state index < -0.39 is 0 Å². The zero-order valence-electron chi connectivity index (χ0n) is 9.76. The highest BCUT2D eigenvalue weighted by atomic mass is 16.2. The van der Waals surface area contributed by atoms with Gasteiger partial charge in [-0.1, -0.05) is 18.2 Å². The number of carbonyl (C=O) groups is 1. The molecule has 0 saturated heterocycles. The van der Waals surface area contributed by atoms with E-state index in [0.717, 1.165) is 11.0 Å². The zero-order valence-corrected chi connectivity index (χ0v) is 9.76. The van der Waals surface area contributed by atoms with Crippen LogP contribution >= 0.6 is 0 Å². The van der Waals surface area contributed by atoms with Crippen molar-refractivity contribution in [2.75, 3.05) is 6.54 Å². The van der Waals surface area contributed by atoms with Crippen molar-refractivity contribution in [1.29, 1.82) is 0 Å². The highest BCUT2D eigenvalue weighted by molar-refractivity contribution is 5.83. The Balaban J connectivity index is 2.27. The maximum absolute atomic E-state index is 11.8. The Hall–Kier alpha value is -2.10. The highest BCUT2D eigenvalue weighted by Crippen LogP contribution is 2.17. The molecule has 1 amide bonds. The molecule has 2 aromatic rings. The molecule has 1 aromatic heterocycles. The first kappa shape index (κ1) is 11.4. The van der Waals surface area contributed by atoms with Crippen LogP contribution in [0.3, 0.4) is 0 Å². The second-order valence-corrected chi connectivity index (χ2v) is 3.85. The Labute approximate surface area is 100.0 Å². The topological polar surface area (TPSA) is 46.9 Å². The van der Waals surface area contributed by atoms with Crippen LogP contribution in [-0.4, -0.2) is 22.0 Å². The van der Waals surface area contributed by atoms with Gasteiger partial charge >= 0.3 is 0 Å². The predicted octanol–water partition coefficient (Wildman–Crippen LogP) is 1.90. The van der Waals surface area contributed by atoms with E-state index >= 15 is 0 Å². The minimum atomic E-state index is -0.276. The second kappa shape index (κ2) is 4.82. The molecule has 4 heteroatoms. The number of hydrogen-bond acceptors (Lipinski definition) is 2. The number of aromatic nitrogens is 2. The molecule has 0 fully saturated rings. The molecule has 1 atom stereocenters. The molecule has 0 bridgehead atoms. The van der Waals surface area contributed by atoms with Crippen LogP contribution in [0.5, 0.6) is 0 Å². The molecule has 0 radical (unpaired) electrons. The highest BCUT2D eigenvalue weighted by Gasteiger charge is 2.15. The van der Waals surface area contributed by atoms with Crippen molar-refractivity contribution in [3.8, 4) is 0 Å². The first-order valence-corrected chi connectivity index (χ1v) is 5.54. The first-order valence-electron chi connectivity index (χ1n) is 5.54. The van der Waals surface area contributed by atoms with Gasteiger partial charge in [-0.3, -0.25) is 4.79 Å². The summed E-state index contributed by atoms with van der Waals surface area (Å²) >= 11 is 0. The Bertz CT molecular complexity index is 544. The molecular formula is C13H15N3O. The quantitative estimate of drug-likeness (QED) is 0.814. The van der Waals surface area contributed by atoms with Gasteiger partial charge in [-0.15, -0.1) is 6.58 Å². The van der Waals surface area contributed by atoms with Crippen LogP contribution in [0.15, 0.2) is 43.2 Å². The SMILES string of the molecule is C=CCNC(=O)C(C)n1cnc2ccccc21. The average molecular weight is 229 g/mol. The van der Waals surface area contributed by atoms with Crippen LogP contribution in [0.4, 0.5) is 0 Å².